The predicted octanol–water partition coefficient (Wildman–Crippen LogP) is 2.10. The number of carbonyl (C=O) groups excluding carboxylic acids is 1. The van der Waals surface area contributed by atoms with E-state index in [4.69, 9.17) is 10.5 Å². The number of hydrogen-bond acceptors (Lipinski definition) is 6. The summed E-state index contributed by atoms with van der Waals surface area (Å²) < 4.78 is 32.9. The first kappa shape index (κ1) is 22.7. The summed E-state index contributed by atoms with van der Waals surface area (Å²) in [6, 6.07) is 22.4. The number of carbonyl (C=O) groups is 2. The van der Waals surface area contributed by atoms with Gasteiger partial charge in [0.05, 0.1) is 4.90 Å². The molecule has 3 aromatic rings. The Balaban J connectivity index is 1.61. The molecule has 170 valence electrons. The standard InChI is InChI=1S/C24H22N2O6S/c25-15-24(22(27)28,26-33(30,31)16-8-2-1-3-9-16)23(29)32-14-21-19-12-6-4-10-17(19)18-11-5-7-13-20(18)21/h1-13,21,26H,14-15,25H2,(H,27,28)/t24-/m0/s1. The van der Waals surface area contributed by atoms with Crippen LogP contribution >= 0.6 is 0 Å². The zero-order valence-corrected chi connectivity index (χ0v) is 18.3. The average molecular weight is 467 g/mol. The van der Waals surface area contributed by atoms with Crippen molar-refractivity contribution >= 4 is 22.0 Å². The molecule has 4 N–H and O–H groups in total. The molecule has 0 saturated heterocycles. The van der Waals surface area contributed by atoms with Crippen molar-refractivity contribution in [1.82, 2.24) is 4.72 Å². The Bertz CT molecular complexity index is 1260. The van der Waals surface area contributed by atoms with E-state index in [1.54, 1.807) is 6.07 Å². The molecule has 1 atom stereocenters. The molecular formula is C24H22N2O6S. The van der Waals surface area contributed by atoms with Crippen LogP contribution in [0.4, 0.5) is 0 Å². The average Bonchev–Trinajstić information content (AvgIpc) is 3.15. The number of nitrogens with two attached hydrogens (primary N) is 1. The van der Waals surface area contributed by atoms with Crippen molar-refractivity contribution in [2.75, 3.05) is 13.2 Å². The number of sulfonamides is 1. The fraction of sp³-hybridized carbons (Fsp3) is 0.167. The zero-order valence-electron chi connectivity index (χ0n) is 17.5. The second-order valence-corrected chi connectivity index (χ2v) is 9.34. The molecule has 9 heteroatoms. The number of fused-ring (bicyclic) bond motifs is 3. The van der Waals surface area contributed by atoms with E-state index < -0.39 is 34.0 Å². The molecule has 0 fully saturated rings. The summed E-state index contributed by atoms with van der Waals surface area (Å²) in [4.78, 5) is 24.9. The lowest BCUT2D eigenvalue weighted by atomic mass is 9.97. The summed E-state index contributed by atoms with van der Waals surface area (Å²) in [5.74, 6) is -3.35. The molecule has 1 aliphatic rings. The second kappa shape index (κ2) is 8.78. The molecule has 1 aliphatic carbocycles. The third-order valence-electron chi connectivity index (χ3n) is 5.73. The number of benzene rings is 3. The van der Waals surface area contributed by atoms with Crippen molar-refractivity contribution in [3.63, 3.8) is 0 Å². The molecule has 0 bridgehead atoms. The van der Waals surface area contributed by atoms with Crippen molar-refractivity contribution in [3.05, 3.63) is 90.0 Å². The van der Waals surface area contributed by atoms with Crippen LogP contribution in [0.5, 0.6) is 0 Å². The van der Waals surface area contributed by atoms with Crippen LogP contribution in [0.25, 0.3) is 11.1 Å². The minimum absolute atomic E-state index is 0.172. The highest BCUT2D eigenvalue weighted by Crippen LogP contribution is 2.44. The number of nitrogens with one attached hydrogen (secondary N) is 1. The SMILES string of the molecule is NC[C@](NS(=O)(=O)c1ccccc1)(C(=O)O)C(=O)OCC1c2ccccc2-c2ccccc21. The van der Waals surface area contributed by atoms with Gasteiger partial charge in [0.2, 0.25) is 15.6 Å². The third kappa shape index (κ3) is 4.02. The van der Waals surface area contributed by atoms with Crippen LogP contribution in [0.1, 0.15) is 17.0 Å². The van der Waals surface area contributed by atoms with E-state index in [1.807, 2.05) is 53.3 Å². The van der Waals surface area contributed by atoms with Crippen LogP contribution in [0.15, 0.2) is 83.8 Å². The molecule has 0 heterocycles. The molecule has 33 heavy (non-hydrogen) atoms. The lowest BCUT2D eigenvalue weighted by Gasteiger charge is -2.27. The molecule has 0 spiro atoms. The van der Waals surface area contributed by atoms with E-state index in [2.05, 4.69) is 0 Å². The molecule has 0 aliphatic heterocycles. The molecule has 0 unspecified atom stereocenters. The van der Waals surface area contributed by atoms with Gasteiger partial charge in [-0.25, -0.2) is 18.0 Å². The van der Waals surface area contributed by atoms with Gasteiger partial charge in [0.15, 0.2) is 0 Å². The maximum atomic E-state index is 13.0. The first-order valence-electron chi connectivity index (χ1n) is 10.2. The molecule has 0 radical (unpaired) electrons. The van der Waals surface area contributed by atoms with Gasteiger partial charge in [-0.05, 0) is 34.4 Å². The fourth-order valence-corrected chi connectivity index (χ4v) is 5.34. The van der Waals surface area contributed by atoms with Crippen molar-refractivity contribution in [1.29, 1.82) is 0 Å². The summed E-state index contributed by atoms with van der Waals surface area (Å²) >= 11 is 0. The Morgan fingerprint density at radius 2 is 1.42 bits per heavy atom. The van der Waals surface area contributed by atoms with Gasteiger partial charge in [0, 0.05) is 12.5 Å². The van der Waals surface area contributed by atoms with Gasteiger partial charge in [0.25, 0.3) is 0 Å². The van der Waals surface area contributed by atoms with Crippen molar-refractivity contribution in [3.8, 4) is 11.1 Å². The van der Waals surface area contributed by atoms with E-state index in [0.29, 0.717) is 0 Å². The summed E-state index contributed by atoms with van der Waals surface area (Å²) in [5, 5.41) is 9.80. The smallest absolute Gasteiger partial charge is 0.340 e. The van der Waals surface area contributed by atoms with Crippen molar-refractivity contribution in [2.45, 2.75) is 16.4 Å². The van der Waals surface area contributed by atoms with Gasteiger partial charge in [-0.15, -0.1) is 0 Å². The molecule has 0 saturated carbocycles. The van der Waals surface area contributed by atoms with E-state index >= 15 is 0 Å². The highest BCUT2D eigenvalue weighted by atomic mass is 32.2. The minimum Gasteiger partial charge on any atom is -0.479 e. The number of rotatable bonds is 8. The quantitative estimate of drug-likeness (QED) is 0.342. The number of esters is 1. The molecule has 0 amide bonds. The Hall–Kier alpha value is -3.53. The van der Waals surface area contributed by atoms with Gasteiger partial charge in [0.1, 0.15) is 6.61 Å². The van der Waals surface area contributed by atoms with Crippen molar-refractivity contribution < 1.29 is 27.9 Å². The summed E-state index contributed by atoms with van der Waals surface area (Å²) in [7, 11) is -4.37. The number of aliphatic carboxylic acids is 1. The van der Waals surface area contributed by atoms with E-state index in [1.165, 1.54) is 24.3 Å². The van der Waals surface area contributed by atoms with Gasteiger partial charge in [-0.1, -0.05) is 66.7 Å². The van der Waals surface area contributed by atoms with Crippen LogP contribution in [0.3, 0.4) is 0 Å². The second-order valence-electron chi connectivity index (χ2n) is 7.66. The Morgan fingerprint density at radius 3 is 1.94 bits per heavy atom. The molecule has 4 rings (SSSR count). The van der Waals surface area contributed by atoms with Crippen LogP contribution in [-0.4, -0.2) is 44.2 Å². The first-order valence-corrected chi connectivity index (χ1v) is 11.7. The van der Waals surface area contributed by atoms with E-state index in [-0.39, 0.29) is 17.4 Å². The first-order chi connectivity index (χ1) is 15.8. The van der Waals surface area contributed by atoms with E-state index in [0.717, 1.165) is 22.3 Å². The normalized spacial score (nSPS) is 14.7. The van der Waals surface area contributed by atoms with Crippen LogP contribution in [0, 0.1) is 0 Å². The monoisotopic (exact) mass is 466 g/mol. The summed E-state index contributed by atoms with van der Waals surface area (Å²) in [6.07, 6.45) is 0. The number of carboxylic acids is 1. The van der Waals surface area contributed by atoms with Crippen LogP contribution < -0.4 is 10.5 Å². The molecule has 8 nitrogen and oxygen atoms in total. The Morgan fingerprint density at radius 1 is 0.909 bits per heavy atom. The Labute approximate surface area is 191 Å². The zero-order chi connectivity index (χ0) is 23.6. The van der Waals surface area contributed by atoms with Gasteiger partial charge < -0.3 is 15.6 Å². The van der Waals surface area contributed by atoms with Crippen molar-refractivity contribution in [2.24, 2.45) is 5.73 Å². The molecule has 0 aromatic heterocycles. The van der Waals surface area contributed by atoms with E-state index in [9.17, 15) is 23.1 Å². The highest BCUT2D eigenvalue weighted by Gasteiger charge is 2.50. The predicted molar refractivity (Wildman–Crippen MR) is 121 cm³/mol. The third-order valence-corrected chi connectivity index (χ3v) is 7.24. The Kier molecular flexibility index (Phi) is 6.03. The van der Waals surface area contributed by atoms with Crippen LogP contribution in [-0.2, 0) is 24.3 Å². The van der Waals surface area contributed by atoms with Crippen LogP contribution in [0.2, 0.25) is 0 Å². The maximum absolute atomic E-state index is 13.0. The number of hydrogen-bond donors (Lipinski definition) is 3. The number of carboxylic acid groups (broad SMARTS) is 1. The largest absolute Gasteiger partial charge is 0.479 e. The lowest BCUT2D eigenvalue weighted by molar-refractivity contribution is -0.161. The van der Waals surface area contributed by atoms with Gasteiger partial charge in [-0.3, -0.25) is 0 Å². The fourth-order valence-electron chi connectivity index (χ4n) is 3.99. The highest BCUT2D eigenvalue weighted by molar-refractivity contribution is 7.89. The molecular weight excluding hydrogens is 444 g/mol. The topological polar surface area (TPSA) is 136 Å². The number of ether oxygens (including phenoxy) is 1. The lowest BCUT2D eigenvalue weighted by Crippen LogP contribution is -2.65. The summed E-state index contributed by atoms with van der Waals surface area (Å²) in [5.41, 5.74) is 6.82. The summed E-state index contributed by atoms with van der Waals surface area (Å²) in [6.45, 7) is -1.000. The molecule has 3 aromatic carbocycles. The van der Waals surface area contributed by atoms with Gasteiger partial charge in [-0.2, -0.15) is 4.72 Å². The maximum Gasteiger partial charge on any atom is 0.340 e. The minimum atomic E-state index is -4.37. The van der Waals surface area contributed by atoms with Gasteiger partial charge >= 0.3 is 11.9 Å².